The number of benzene rings is 2. The number of rotatable bonds is 4. The van der Waals surface area contributed by atoms with Crippen LogP contribution in [0.2, 0.25) is 10.0 Å². The Labute approximate surface area is 161 Å². The van der Waals surface area contributed by atoms with Crippen LogP contribution in [0.3, 0.4) is 0 Å². The van der Waals surface area contributed by atoms with Crippen molar-refractivity contribution in [1.29, 1.82) is 0 Å². The molecule has 0 aromatic heterocycles. The van der Waals surface area contributed by atoms with Crippen molar-refractivity contribution in [3.63, 3.8) is 0 Å². The molecule has 2 aromatic rings. The van der Waals surface area contributed by atoms with Gasteiger partial charge in [-0.15, -0.1) is 0 Å². The Balaban J connectivity index is 1.35. The van der Waals surface area contributed by atoms with Crippen LogP contribution in [0, 0.1) is 0 Å². The first kappa shape index (κ1) is 17.3. The number of fused-ring (bicyclic) bond motifs is 1. The zero-order valence-electron chi connectivity index (χ0n) is 13.9. The minimum atomic E-state index is -0.0562. The van der Waals surface area contributed by atoms with E-state index in [1.54, 1.807) is 18.2 Å². The maximum atomic E-state index is 12.4. The molecule has 0 saturated carbocycles. The van der Waals surface area contributed by atoms with E-state index in [0.717, 1.165) is 23.5 Å². The van der Waals surface area contributed by atoms with Crippen LogP contribution >= 0.6 is 23.2 Å². The summed E-state index contributed by atoms with van der Waals surface area (Å²) in [4.78, 5) is 14.3. The first-order valence-corrected chi connectivity index (χ1v) is 9.11. The van der Waals surface area contributed by atoms with Gasteiger partial charge in [0.2, 0.25) is 6.79 Å². The zero-order chi connectivity index (χ0) is 18.1. The molecule has 1 fully saturated rings. The van der Waals surface area contributed by atoms with E-state index in [-0.39, 0.29) is 25.2 Å². The number of carbonyl (C=O) groups is 1. The van der Waals surface area contributed by atoms with Crippen molar-refractivity contribution >= 4 is 29.1 Å². The predicted molar refractivity (Wildman–Crippen MR) is 98.5 cm³/mol. The molecule has 0 radical (unpaired) electrons. The highest BCUT2D eigenvalue weighted by Gasteiger charge is 2.28. The Kier molecular flexibility index (Phi) is 4.83. The van der Waals surface area contributed by atoms with Crippen molar-refractivity contribution in [3.8, 4) is 17.2 Å². The molecule has 0 N–H and O–H groups in total. The molecule has 2 heterocycles. The molecule has 1 atom stereocenters. The van der Waals surface area contributed by atoms with Gasteiger partial charge in [-0.25, -0.2) is 0 Å². The van der Waals surface area contributed by atoms with Gasteiger partial charge in [0.1, 0.15) is 5.75 Å². The third kappa shape index (κ3) is 3.55. The van der Waals surface area contributed by atoms with Crippen LogP contribution in [-0.2, 0) is 4.79 Å². The second-order valence-corrected chi connectivity index (χ2v) is 7.15. The van der Waals surface area contributed by atoms with Gasteiger partial charge in [0.25, 0.3) is 5.91 Å². The standard InChI is InChI=1S/C19H17Cl2NO4/c20-14-2-4-16(15(21)8-14)24-10-19(23)22-6-5-13(9-22)12-1-3-17-18(7-12)26-11-25-17/h1-4,7-8,13H,5-6,9-11H2. The van der Waals surface area contributed by atoms with E-state index in [4.69, 9.17) is 37.4 Å². The van der Waals surface area contributed by atoms with E-state index in [0.29, 0.717) is 28.9 Å². The summed E-state index contributed by atoms with van der Waals surface area (Å²) in [5, 5.41) is 0.921. The lowest BCUT2D eigenvalue weighted by molar-refractivity contribution is -0.132. The highest BCUT2D eigenvalue weighted by molar-refractivity contribution is 6.35. The van der Waals surface area contributed by atoms with E-state index in [2.05, 4.69) is 0 Å². The van der Waals surface area contributed by atoms with Crippen molar-refractivity contribution < 1.29 is 19.0 Å². The maximum Gasteiger partial charge on any atom is 0.260 e. The van der Waals surface area contributed by atoms with E-state index in [9.17, 15) is 4.79 Å². The molecule has 5 nitrogen and oxygen atoms in total. The monoisotopic (exact) mass is 393 g/mol. The SMILES string of the molecule is O=C(COc1ccc(Cl)cc1Cl)N1CCC(c2ccc3c(c2)OCO3)C1. The fraction of sp³-hybridized carbons (Fsp3) is 0.316. The lowest BCUT2D eigenvalue weighted by Crippen LogP contribution is -2.32. The largest absolute Gasteiger partial charge is 0.482 e. The van der Waals surface area contributed by atoms with E-state index in [1.807, 2.05) is 23.1 Å². The normalized spacial score (nSPS) is 18.2. The molecule has 7 heteroatoms. The first-order valence-electron chi connectivity index (χ1n) is 8.35. The highest BCUT2D eigenvalue weighted by Crippen LogP contribution is 2.37. The number of carbonyl (C=O) groups excluding carboxylic acids is 1. The van der Waals surface area contributed by atoms with Gasteiger partial charge < -0.3 is 19.1 Å². The van der Waals surface area contributed by atoms with Crippen molar-refractivity contribution in [3.05, 3.63) is 52.0 Å². The molecule has 26 heavy (non-hydrogen) atoms. The number of likely N-dealkylation sites (tertiary alicyclic amines) is 1. The van der Waals surface area contributed by atoms with Gasteiger partial charge in [-0.2, -0.15) is 0 Å². The molecule has 0 bridgehead atoms. The molecule has 2 aliphatic rings. The summed E-state index contributed by atoms with van der Waals surface area (Å²) in [5.41, 5.74) is 1.16. The molecule has 4 rings (SSSR count). The Morgan fingerprint density at radius 3 is 2.85 bits per heavy atom. The highest BCUT2D eigenvalue weighted by atomic mass is 35.5. The summed E-state index contributed by atoms with van der Waals surface area (Å²) >= 11 is 11.9. The summed E-state index contributed by atoms with van der Waals surface area (Å²) in [6.45, 7) is 1.58. The van der Waals surface area contributed by atoms with Crippen LogP contribution in [0.5, 0.6) is 17.2 Å². The third-order valence-corrected chi connectivity index (χ3v) is 5.18. The second kappa shape index (κ2) is 7.25. The van der Waals surface area contributed by atoms with Crippen molar-refractivity contribution in [2.24, 2.45) is 0 Å². The van der Waals surface area contributed by atoms with E-state index < -0.39 is 0 Å². The van der Waals surface area contributed by atoms with Crippen LogP contribution in [0.15, 0.2) is 36.4 Å². The maximum absolute atomic E-state index is 12.4. The Morgan fingerprint density at radius 2 is 2.00 bits per heavy atom. The average molecular weight is 394 g/mol. The van der Waals surface area contributed by atoms with Crippen LogP contribution in [-0.4, -0.2) is 37.3 Å². The van der Waals surface area contributed by atoms with Crippen molar-refractivity contribution in [2.45, 2.75) is 12.3 Å². The van der Waals surface area contributed by atoms with Crippen LogP contribution in [0.25, 0.3) is 0 Å². The molecule has 1 unspecified atom stereocenters. The summed E-state index contributed by atoms with van der Waals surface area (Å²) in [6.07, 6.45) is 0.910. The van der Waals surface area contributed by atoms with Gasteiger partial charge in [-0.1, -0.05) is 29.3 Å². The van der Waals surface area contributed by atoms with Gasteiger partial charge in [-0.3, -0.25) is 4.79 Å². The molecule has 2 aromatic carbocycles. The number of ether oxygens (including phenoxy) is 3. The third-order valence-electron chi connectivity index (χ3n) is 4.65. The Morgan fingerprint density at radius 1 is 1.15 bits per heavy atom. The van der Waals surface area contributed by atoms with E-state index >= 15 is 0 Å². The summed E-state index contributed by atoms with van der Waals surface area (Å²) in [7, 11) is 0. The predicted octanol–water partition coefficient (Wildman–Crippen LogP) is 4.12. The minimum absolute atomic E-state index is 0.0464. The Bertz CT molecular complexity index is 842. The van der Waals surface area contributed by atoms with Gasteiger partial charge in [-0.05, 0) is 42.3 Å². The second-order valence-electron chi connectivity index (χ2n) is 6.30. The van der Waals surface area contributed by atoms with Crippen LogP contribution in [0.4, 0.5) is 0 Å². The molecule has 0 spiro atoms. The topological polar surface area (TPSA) is 48.0 Å². The minimum Gasteiger partial charge on any atom is -0.482 e. The van der Waals surface area contributed by atoms with Crippen molar-refractivity contribution in [2.75, 3.05) is 26.5 Å². The molecule has 2 aliphatic heterocycles. The Hall–Kier alpha value is -2.11. The number of hydrogen-bond acceptors (Lipinski definition) is 4. The summed E-state index contributed by atoms with van der Waals surface area (Å²) in [5.74, 6) is 2.23. The first-order chi connectivity index (χ1) is 12.6. The van der Waals surface area contributed by atoms with Gasteiger partial charge in [0.05, 0.1) is 5.02 Å². The zero-order valence-corrected chi connectivity index (χ0v) is 15.4. The van der Waals surface area contributed by atoms with E-state index in [1.165, 1.54) is 0 Å². The molecule has 1 amide bonds. The number of hydrogen-bond donors (Lipinski definition) is 0. The summed E-state index contributed by atoms with van der Waals surface area (Å²) < 4.78 is 16.3. The van der Waals surface area contributed by atoms with Crippen LogP contribution in [0.1, 0.15) is 17.9 Å². The van der Waals surface area contributed by atoms with Gasteiger partial charge >= 0.3 is 0 Å². The van der Waals surface area contributed by atoms with Gasteiger partial charge in [0, 0.05) is 24.0 Å². The quantitative estimate of drug-likeness (QED) is 0.783. The van der Waals surface area contributed by atoms with Crippen molar-refractivity contribution in [1.82, 2.24) is 4.90 Å². The number of amides is 1. The number of nitrogens with zero attached hydrogens (tertiary/aromatic N) is 1. The molecule has 1 saturated heterocycles. The average Bonchev–Trinajstić information content (AvgIpc) is 3.29. The van der Waals surface area contributed by atoms with Gasteiger partial charge in [0.15, 0.2) is 18.1 Å². The molecule has 0 aliphatic carbocycles. The molecule has 136 valence electrons. The van der Waals surface area contributed by atoms with Crippen LogP contribution < -0.4 is 14.2 Å². The fourth-order valence-electron chi connectivity index (χ4n) is 3.25. The summed E-state index contributed by atoms with van der Waals surface area (Å²) in [6, 6.07) is 10.9. The molecular weight excluding hydrogens is 377 g/mol. The lowest BCUT2D eigenvalue weighted by Gasteiger charge is -2.17. The number of halogens is 2. The lowest BCUT2D eigenvalue weighted by atomic mass is 9.98. The fourth-order valence-corrected chi connectivity index (χ4v) is 3.71. The smallest absolute Gasteiger partial charge is 0.260 e. The molecular formula is C19H17Cl2NO4.